The number of rotatable bonds is 7. The van der Waals surface area contributed by atoms with Gasteiger partial charge in [0.25, 0.3) is 0 Å². The van der Waals surface area contributed by atoms with Gasteiger partial charge in [0.1, 0.15) is 6.54 Å². The zero-order valence-corrected chi connectivity index (χ0v) is 13.7. The maximum Gasteiger partial charge on any atom is 0.244 e. The third-order valence-electron chi connectivity index (χ3n) is 3.57. The molecule has 0 aliphatic carbocycles. The summed E-state index contributed by atoms with van der Waals surface area (Å²) in [5.74, 6) is 0.727. The normalized spacial score (nSPS) is 11.2. The van der Waals surface area contributed by atoms with E-state index in [2.05, 4.69) is 24.3 Å². The molecular formula is C15H28N4O. The molecule has 1 amide bonds. The van der Waals surface area contributed by atoms with E-state index in [0.717, 1.165) is 31.0 Å². The summed E-state index contributed by atoms with van der Waals surface area (Å²) in [5.41, 5.74) is 3.29. The van der Waals surface area contributed by atoms with Crippen LogP contribution in [0.2, 0.25) is 0 Å². The molecule has 5 nitrogen and oxygen atoms in total. The predicted molar refractivity (Wildman–Crippen MR) is 81.6 cm³/mol. The van der Waals surface area contributed by atoms with Crippen LogP contribution in [0.4, 0.5) is 0 Å². The SMILES string of the molecule is CCN(C)C(=O)Cn1nc(C)c(CNCC(C)C)c1C. The van der Waals surface area contributed by atoms with E-state index in [9.17, 15) is 4.79 Å². The Bertz CT molecular complexity index is 451. The zero-order chi connectivity index (χ0) is 15.3. The first-order valence-corrected chi connectivity index (χ1v) is 7.34. The second-order valence-corrected chi connectivity index (χ2v) is 5.74. The number of carbonyl (C=O) groups excluding carboxylic acids is 1. The van der Waals surface area contributed by atoms with Crippen LogP contribution in [0, 0.1) is 19.8 Å². The number of amides is 1. The van der Waals surface area contributed by atoms with Crippen LogP contribution in [0.3, 0.4) is 0 Å². The van der Waals surface area contributed by atoms with Crippen LogP contribution in [0.1, 0.15) is 37.7 Å². The fraction of sp³-hybridized carbons (Fsp3) is 0.733. The summed E-state index contributed by atoms with van der Waals surface area (Å²) in [4.78, 5) is 13.7. The Morgan fingerprint density at radius 1 is 1.40 bits per heavy atom. The van der Waals surface area contributed by atoms with Crippen LogP contribution in [0.15, 0.2) is 0 Å². The second-order valence-electron chi connectivity index (χ2n) is 5.74. The number of aryl methyl sites for hydroxylation is 1. The van der Waals surface area contributed by atoms with E-state index in [1.165, 1.54) is 5.56 Å². The molecule has 20 heavy (non-hydrogen) atoms. The van der Waals surface area contributed by atoms with E-state index < -0.39 is 0 Å². The zero-order valence-electron chi connectivity index (χ0n) is 13.7. The molecule has 0 aliphatic rings. The second kappa shape index (κ2) is 7.43. The quantitative estimate of drug-likeness (QED) is 0.827. The van der Waals surface area contributed by atoms with Crippen molar-refractivity contribution in [1.82, 2.24) is 20.0 Å². The molecule has 5 heteroatoms. The van der Waals surface area contributed by atoms with Crippen molar-refractivity contribution in [3.8, 4) is 0 Å². The summed E-state index contributed by atoms with van der Waals surface area (Å²) >= 11 is 0. The third-order valence-corrected chi connectivity index (χ3v) is 3.57. The monoisotopic (exact) mass is 280 g/mol. The number of hydrogen-bond donors (Lipinski definition) is 1. The van der Waals surface area contributed by atoms with Gasteiger partial charge in [-0.15, -0.1) is 0 Å². The molecule has 0 unspecified atom stereocenters. The minimum absolute atomic E-state index is 0.0970. The van der Waals surface area contributed by atoms with Crippen LogP contribution in [0.25, 0.3) is 0 Å². The lowest BCUT2D eigenvalue weighted by atomic mass is 10.2. The van der Waals surface area contributed by atoms with Crippen molar-refractivity contribution in [3.63, 3.8) is 0 Å². The summed E-state index contributed by atoms with van der Waals surface area (Å²) in [6, 6.07) is 0. The molecule has 1 heterocycles. The van der Waals surface area contributed by atoms with Gasteiger partial charge in [-0.3, -0.25) is 9.48 Å². The number of nitrogens with one attached hydrogen (secondary N) is 1. The lowest BCUT2D eigenvalue weighted by molar-refractivity contribution is -0.130. The highest BCUT2D eigenvalue weighted by molar-refractivity contribution is 5.75. The Morgan fingerprint density at radius 3 is 2.60 bits per heavy atom. The number of carbonyl (C=O) groups is 1. The topological polar surface area (TPSA) is 50.2 Å². The lowest BCUT2D eigenvalue weighted by Gasteiger charge is -2.15. The van der Waals surface area contributed by atoms with Gasteiger partial charge in [0.05, 0.1) is 5.69 Å². The van der Waals surface area contributed by atoms with Crippen LogP contribution < -0.4 is 5.32 Å². The summed E-state index contributed by atoms with van der Waals surface area (Å²) in [7, 11) is 1.82. The highest BCUT2D eigenvalue weighted by atomic mass is 16.2. The van der Waals surface area contributed by atoms with Crippen molar-refractivity contribution >= 4 is 5.91 Å². The maximum atomic E-state index is 12.0. The molecule has 0 bridgehead atoms. The molecule has 114 valence electrons. The summed E-state index contributed by atoms with van der Waals surface area (Å²) in [6.07, 6.45) is 0. The van der Waals surface area contributed by atoms with Crippen LogP contribution >= 0.6 is 0 Å². The highest BCUT2D eigenvalue weighted by Gasteiger charge is 2.15. The standard InChI is InChI=1S/C15H28N4O/c1-7-18(6)15(20)10-19-13(5)14(12(4)17-19)9-16-8-11(2)3/h11,16H,7-10H2,1-6H3. The Morgan fingerprint density at radius 2 is 2.05 bits per heavy atom. The van der Waals surface area contributed by atoms with Gasteiger partial charge in [-0.25, -0.2) is 0 Å². The fourth-order valence-electron chi connectivity index (χ4n) is 2.05. The van der Waals surface area contributed by atoms with E-state index >= 15 is 0 Å². The largest absolute Gasteiger partial charge is 0.344 e. The van der Waals surface area contributed by atoms with Gasteiger partial charge in [0.15, 0.2) is 0 Å². The summed E-state index contributed by atoms with van der Waals surface area (Å²) < 4.78 is 1.82. The highest BCUT2D eigenvalue weighted by Crippen LogP contribution is 2.13. The van der Waals surface area contributed by atoms with E-state index in [4.69, 9.17) is 0 Å². The molecule has 1 rings (SSSR count). The minimum atomic E-state index is 0.0970. The molecule has 1 N–H and O–H groups in total. The molecule has 0 aromatic carbocycles. The van der Waals surface area contributed by atoms with Crippen molar-refractivity contribution in [2.45, 2.75) is 47.7 Å². The molecule has 0 aliphatic heterocycles. The summed E-state index contributed by atoms with van der Waals surface area (Å²) in [5, 5.41) is 7.93. The number of nitrogens with zero attached hydrogens (tertiary/aromatic N) is 3. The molecule has 0 spiro atoms. The van der Waals surface area contributed by atoms with E-state index in [-0.39, 0.29) is 5.91 Å². The van der Waals surface area contributed by atoms with E-state index in [1.54, 1.807) is 4.90 Å². The molecule has 0 fully saturated rings. The Balaban J connectivity index is 2.73. The fourth-order valence-corrected chi connectivity index (χ4v) is 2.05. The third kappa shape index (κ3) is 4.34. The predicted octanol–water partition coefficient (Wildman–Crippen LogP) is 1.72. The maximum absolute atomic E-state index is 12.0. The van der Waals surface area contributed by atoms with Crippen molar-refractivity contribution < 1.29 is 4.79 Å². The van der Waals surface area contributed by atoms with Gasteiger partial charge >= 0.3 is 0 Å². The summed E-state index contributed by atoms with van der Waals surface area (Å²) in [6.45, 7) is 13.2. The first kappa shape index (κ1) is 16.7. The van der Waals surface area contributed by atoms with Crippen LogP contribution in [-0.2, 0) is 17.9 Å². The van der Waals surface area contributed by atoms with Gasteiger partial charge in [0, 0.05) is 31.4 Å². The van der Waals surface area contributed by atoms with Crippen molar-refractivity contribution in [2.75, 3.05) is 20.1 Å². The number of hydrogen-bond acceptors (Lipinski definition) is 3. The molecular weight excluding hydrogens is 252 g/mol. The van der Waals surface area contributed by atoms with Gasteiger partial charge in [-0.2, -0.15) is 5.10 Å². The average Bonchev–Trinajstić information content (AvgIpc) is 2.64. The average molecular weight is 280 g/mol. The van der Waals surface area contributed by atoms with Gasteiger partial charge in [-0.1, -0.05) is 13.8 Å². The van der Waals surface area contributed by atoms with Crippen molar-refractivity contribution in [2.24, 2.45) is 5.92 Å². The first-order chi connectivity index (χ1) is 9.36. The molecule has 0 radical (unpaired) electrons. The smallest absolute Gasteiger partial charge is 0.244 e. The Kier molecular flexibility index (Phi) is 6.20. The van der Waals surface area contributed by atoms with Gasteiger partial charge in [0.2, 0.25) is 5.91 Å². The minimum Gasteiger partial charge on any atom is -0.344 e. The molecule has 0 atom stereocenters. The Labute approximate surface area is 122 Å². The van der Waals surface area contributed by atoms with Crippen molar-refractivity contribution in [1.29, 1.82) is 0 Å². The molecule has 1 aromatic heterocycles. The van der Waals surface area contributed by atoms with Gasteiger partial charge < -0.3 is 10.2 Å². The van der Waals surface area contributed by atoms with Crippen LogP contribution in [0.5, 0.6) is 0 Å². The van der Waals surface area contributed by atoms with E-state index in [0.29, 0.717) is 12.5 Å². The van der Waals surface area contributed by atoms with Gasteiger partial charge in [-0.05, 0) is 33.2 Å². The van der Waals surface area contributed by atoms with Crippen LogP contribution in [-0.4, -0.2) is 40.7 Å². The molecule has 0 saturated carbocycles. The Hall–Kier alpha value is -1.36. The lowest BCUT2D eigenvalue weighted by Crippen LogP contribution is -2.30. The molecule has 0 saturated heterocycles. The number of aromatic nitrogens is 2. The molecule has 1 aromatic rings. The van der Waals surface area contributed by atoms with Crippen molar-refractivity contribution in [3.05, 3.63) is 17.0 Å². The first-order valence-electron chi connectivity index (χ1n) is 7.34. The van der Waals surface area contributed by atoms with E-state index in [1.807, 2.05) is 32.5 Å². The number of likely N-dealkylation sites (N-methyl/N-ethyl adjacent to an activating group) is 1.